The molecule has 14 heavy (non-hydrogen) atoms. The molecular formula is C9H19NO4. The van der Waals surface area contributed by atoms with Gasteiger partial charge >= 0.3 is 5.97 Å². The number of rotatable bonds is 9. The van der Waals surface area contributed by atoms with Crippen LogP contribution in [0.5, 0.6) is 0 Å². The predicted octanol–water partition coefficient (Wildman–Crippen LogP) is -0.208. The van der Waals surface area contributed by atoms with Crippen molar-refractivity contribution in [3.8, 4) is 0 Å². The van der Waals surface area contributed by atoms with Gasteiger partial charge in [-0.3, -0.25) is 4.79 Å². The van der Waals surface area contributed by atoms with Crippen molar-refractivity contribution in [3.63, 3.8) is 0 Å². The third kappa shape index (κ3) is 9.44. The number of carboxylic acid groups (broad SMARTS) is 1. The van der Waals surface area contributed by atoms with Crippen LogP contribution in [0.4, 0.5) is 0 Å². The van der Waals surface area contributed by atoms with Gasteiger partial charge in [-0.15, -0.1) is 0 Å². The number of likely N-dealkylation sites (N-methyl/N-ethyl adjacent to an activating group) is 1. The van der Waals surface area contributed by atoms with E-state index in [0.29, 0.717) is 19.6 Å². The number of hydrogen-bond acceptors (Lipinski definition) is 4. The summed E-state index contributed by atoms with van der Waals surface area (Å²) in [7, 11) is 1.92. The van der Waals surface area contributed by atoms with Gasteiger partial charge in [-0.25, -0.2) is 0 Å². The van der Waals surface area contributed by atoms with E-state index in [1.807, 2.05) is 11.9 Å². The molecular weight excluding hydrogens is 186 g/mol. The molecule has 0 aromatic heterocycles. The second-order valence-electron chi connectivity index (χ2n) is 3.14. The van der Waals surface area contributed by atoms with Gasteiger partial charge in [-0.1, -0.05) is 0 Å². The summed E-state index contributed by atoms with van der Waals surface area (Å²) in [5.41, 5.74) is 0. The van der Waals surface area contributed by atoms with Crippen LogP contribution >= 0.6 is 0 Å². The van der Waals surface area contributed by atoms with Crippen LogP contribution in [0.1, 0.15) is 12.8 Å². The molecule has 0 saturated heterocycles. The third-order valence-corrected chi connectivity index (χ3v) is 1.78. The number of carbonyl (C=O) groups is 1. The van der Waals surface area contributed by atoms with Crippen LogP contribution in [-0.4, -0.2) is 61.0 Å². The minimum absolute atomic E-state index is 0.0444. The number of aliphatic carboxylic acids is 1. The van der Waals surface area contributed by atoms with Crippen LogP contribution in [0.2, 0.25) is 0 Å². The molecule has 0 aromatic carbocycles. The Morgan fingerprint density at radius 3 is 2.64 bits per heavy atom. The average Bonchev–Trinajstić information content (AvgIpc) is 2.12. The van der Waals surface area contributed by atoms with E-state index in [1.54, 1.807) is 0 Å². The first-order chi connectivity index (χ1) is 6.66. The molecule has 0 amide bonds. The van der Waals surface area contributed by atoms with Gasteiger partial charge in [-0.2, -0.15) is 0 Å². The van der Waals surface area contributed by atoms with Crippen molar-refractivity contribution in [2.45, 2.75) is 12.8 Å². The van der Waals surface area contributed by atoms with Gasteiger partial charge in [0.1, 0.15) is 0 Å². The van der Waals surface area contributed by atoms with Crippen molar-refractivity contribution in [2.75, 3.05) is 40.0 Å². The molecule has 0 bridgehead atoms. The van der Waals surface area contributed by atoms with Crippen molar-refractivity contribution in [3.05, 3.63) is 0 Å². The number of ether oxygens (including phenoxy) is 1. The van der Waals surface area contributed by atoms with E-state index in [-0.39, 0.29) is 13.0 Å². The van der Waals surface area contributed by atoms with Gasteiger partial charge in [0.15, 0.2) is 0 Å². The maximum absolute atomic E-state index is 10.2. The van der Waals surface area contributed by atoms with Crippen LogP contribution in [0.15, 0.2) is 0 Å². The fraction of sp³-hybridized carbons (Fsp3) is 0.889. The molecule has 2 N–H and O–H groups in total. The molecule has 0 aliphatic carbocycles. The summed E-state index contributed by atoms with van der Waals surface area (Å²) in [6, 6.07) is 0. The molecule has 0 atom stereocenters. The highest BCUT2D eigenvalue weighted by Crippen LogP contribution is 1.92. The van der Waals surface area contributed by atoms with Crippen molar-refractivity contribution in [1.82, 2.24) is 4.90 Å². The molecule has 84 valence electrons. The van der Waals surface area contributed by atoms with E-state index in [9.17, 15) is 4.79 Å². The lowest BCUT2D eigenvalue weighted by molar-refractivity contribution is -0.137. The molecule has 0 unspecified atom stereocenters. The number of aliphatic hydroxyl groups is 1. The topological polar surface area (TPSA) is 70.0 Å². The lowest BCUT2D eigenvalue weighted by Gasteiger charge is -2.15. The Balaban J connectivity index is 3.19. The zero-order chi connectivity index (χ0) is 10.8. The maximum Gasteiger partial charge on any atom is 0.303 e. The van der Waals surface area contributed by atoms with E-state index < -0.39 is 5.97 Å². The standard InChI is InChI=1S/C9H19NO4/c1-10(4-2-3-9(12)13)5-7-14-8-6-11/h11H,2-8H2,1H3,(H,12,13). The summed E-state index contributed by atoms with van der Waals surface area (Å²) in [5.74, 6) is -0.755. The molecule has 5 nitrogen and oxygen atoms in total. The van der Waals surface area contributed by atoms with Crippen molar-refractivity contribution < 1.29 is 19.7 Å². The smallest absolute Gasteiger partial charge is 0.303 e. The summed E-state index contributed by atoms with van der Waals surface area (Å²) in [5, 5.41) is 16.8. The zero-order valence-corrected chi connectivity index (χ0v) is 8.61. The first-order valence-electron chi connectivity index (χ1n) is 4.75. The predicted molar refractivity (Wildman–Crippen MR) is 52.3 cm³/mol. The Morgan fingerprint density at radius 1 is 1.36 bits per heavy atom. The summed E-state index contributed by atoms with van der Waals surface area (Å²) >= 11 is 0. The number of aliphatic hydroxyl groups excluding tert-OH is 1. The van der Waals surface area contributed by atoms with Gasteiger partial charge in [-0.05, 0) is 20.0 Å². The Kier molecular flexibility index (Phi) is 8.51. The Hall–Kier alpha value is -0.650. The normalized spacial score (nSPS) is 10.8. The second kappa shape index (κ2) is 8.93. The molecule has 0 heterocycles. The van der Waals surface area contributed by atoms with Crippen LogP contribution in [0.25, 0.3) is 0 Å². The largest absolute Gasteiger partial charge is 0.481 e. The Bertz CT molecular complexity index is 152. The fourth-order valence-corrected chi connectivity index (χ4v) is 0.999. The quantitative estimate of drug-likeness (QED) is 0.510. The van der Waals surface area contributed by atoms with Crippen molar-refractivity contribution in [2.24, 2.45) is 0 Å². The Morgan fingerprint density at radius 2 is 2.07 bits per heavy atom. The van der Waals surface area contributed by atoms with Crippen LogP contribution < -0.4 is 0 Å². The molecule has 0 rings (SSSR count). The summed E-state index contributed by atoms with van der Waals surface area (Å²) in [4.78, 5) is 12.2. The molecule has 0 spiro atoms. The van der Waals surface area contributed by atoms with Crippen LogP contribution in [-0.2, 0) is 9.53 Å². The molecule has 0 fully saturated rings. The SMILES string of the molecule is CN(CCCC(=O)O)CCOCCO. The van der Waals surface area contributed by atoms with Gasteiger partial charge in [0.25, 0.3) is 0 Å². The number of nitrogens with zero attached hydrogens (tertiary/aromatic N) is 1. The monoisotopic (exact) mass is 205 g/mol. The number of carboxylic acids is 1. The van der Waals surface area contributed by atoms with Gasteiger partial charge < -0.3 is 19.8 Å². The van der Waals surface area contributed by atoms with E-state index in [0.717, 1.165) is 13.1 Å². The van der Waals surface area contributed by atoms with Gasteiger partial charge in [0, 0.05) is 13.0 Å². The molecule has 0 radical (unpaired) electrons. The van der Waals surface area contributed by atoms with Gasteiger partial charge in [0.2, 0.25) is 0 Å². The molecule has 0 aliphatic heterocycles. The second-order valence-corrected chi connectivity index (χ2v) is 3.14. The first kappa shape index (κ1) is 13.4. The fourth-order valence-electron chi connectivity index (χ4n) is 0.999. The minimum atomic E-state index is -0.755. The minimum Gasteiger partial charge on any atom is -0.481 e. The average molecular weight is 205 g/mol. The van der Waals surface area contributed by atoms with E-state index in [1.165, 1.54) is 0 Å². The highest BCUT2D eigenvalue weighted by atomic mass is 16.5. The van der Waals surface area contributed by atoms with E-state index >= 15 is 0 Å². The highest BCUT2D eigenvalue weighted by Gasteiger charge is 2.00. The summed E-state index contributed by atoms with van der Waals surface area (Å²) < 4.78 is 5.07. The molecule has 5 heteroatoms. The lowest BCUT2D eigenvalue weighted by Crippen LogP contribution is -2.25. The summed E-state index contributed by atoms with van der Waals surface area (Å²) in [6.07, 6.45) is 0.869. The summed E-state index contributed by atoms with van der Waals surface area (Å²) in [6.45, 7) is 2.50. The molecule has 0 aromatic rings. The van der Waals surface area contributed by atoms with Crippen LogP contribution in [0.3, 0.4) is 0 Å². The third-order valence-electron chi connectivity index (χ3n) is 1.78. The van der Waals surface area contributed by atoms with Gasteiger partial charge in [0.05, 0.1) is 19.8 Å². The number of hydrogen-bond donors (Lipinski definition) is 2. The van der Waals surface area contributed by atoms with Crippen LogP contribution in [0, 0.1) is 0 Å². The van der Waals surface area contributed by atoms with E-state index in [2.05, 4.69) is 0 Å². The van der Waals surface area contributed by atoms with Crippen molar-refractivity contribution in [1.29, 1.82) is 0 Å². The van der Waals surface area contributed by atoms with E-state index in [4.69, 9.17) is 14.9 Å². The molecule has 0 saturated carbocycles. The highest BCUT2D eigenvalue weighted by molar-refractivity contribution is 5.66. The first-order valence-corrected chi connectivity index (χ1v) is 4.75. The zero-order valence-electron chi connectivity index (χ0n) is 8.61. The lowest BCUT2D eigenvalue weighted by atomic mass is 10.3. The maximum atomic E-state index is 10.2. The van der Waals surface area contributed by atoms with Crippen molar-refractivity contribution >= 4 is 5.97 Å². The Labute approximate surface area is 84.3 Å². The molecule has 0 aliphatic rings.